The van der Waals surface area contributed by atoms with Crippen LogP contribution in [-0.4, -0.2) is 31.8 Å². The van der Waals surface area contributed by atoms with Crippen LogP contribution >= 0.6 is 12.6 Å². The average molecular weight is 455 g/mol. The minimum Gasteiger partial charge on any atom is -0.494 e. The van der Waals surface area contributed by atoms with E-state index in [0.29, 0.717) is 22.8 Å². The Morgan fingerprint density at radius 2 is 1.94 bits per heavy atom. The Hall–Kier alpha value is -3.54. The Labute approximate surface area is 191 Å². The van der Waals surface area contributed by atoms with Crippen molar-refractivity contribution in [2.45, 2.75) is 11.4 Å². The third kappa shape index (κ3) is 7.30. The fraction of sp³-hybridized carbons (Fsp3) is 0.167. The summed E-state index contributed by atoms with van der Waals surface area (Å²) in [5.41, 5.74) is 3.17. The predicted octanol–water partition coefficient (Wildman–Crippen LogP) is 4.53. The molecule has 0 aliphatic heterocycles. The monoisotopic (exact) mass is 454 g/mol. The maximum Gasteiger partial charge on any atom is 0.341 e. The Bertz CT molecular complexity index is 1120. The zero-order valence-electron chi connectivity index (χ0n) is 17.6. The zero-order chi connectivity index (χ0) is 23.5. The van der Waals surface area contributed by atoms with Crippen molar-refractivity contribution in [1.29, 1.82) is 5.26 Å². The molecule has 0 fully saturated rings. The molecule has 0 unspecified atom stereocenters. The molecule has 0 aromatic heterocycles. The number of carbonyl (C=O) groups is 1. The molecule has 0 spiro atoms. The van der Waals surface area contributed by atoms with E-state index >= 15 is 0 Å². The van der Waals surface area contributed by atoms with Crippen molar-refractivity contribution in [3.8, 4) is 28.7 Å². The molecule has 0 amide bonds. The summed E-state index contributed by atoms with van der Waals surface area (Å²) in [5.74, 6) is -0.679. The number of ether oxygens (including phenoxy) is 2. The van der Waals surface area contributed by atoms with E-state index in [1.165, 1.54) is 19.2 Å². The second kappa shape index (κ2) is 12.3. The number of carboxylic acids is 1. The van der Waals surface area contributed by atoms with E-state index in [9.17, 15) is 9.18 Å². The lowest BCUT2D eigenvalue weighted by molar-refractivity contribution is -0.139. The molecule has 0 radical (unpaired) electrons. The number of carboxylic acid groups (broad SMARTS) is 1. The fourth-order valence-electron chi connectivity index (χ4n) is 2.79. The van der Waals surface area contributed by atoms with Gasteiger partial charge in [0.25, 0.3) is 0 Å². The number of thiol groups is 1. The maximum absolute atomic E-state index is 12.6. The summed E-state index contributed by atoms with van der Waals surface area (Å²) in [7, 11) is 3.27. The first-order valence-corrected chi connectivity index (χ1v) is 9.97. The van der Waals surface area contributed by atoms with Gasteiger partial charge in [0.15, 0.2) is 18.2 Å². The molecule has 2 N–H and O–H groups in total. The molecule has 166 valence electrons. The lowest BCUT2D eigenvalue weighted by atomic mass is 10.00. The summed E-state index contributed by atoms with van der Waals surface area (Å²) >= 11 is 4.01. The number of aliphatic carboxylic acids is 1. The van der Waals surface area contributed by atoms with Gasteiger partial charge in [0, 0.05) is 17.0 Å². The van der Waals surface area contributed by atoms with Crippen LogP contribution in [0.25, 0.3) is 11.1 Å². The standard InChI is InChI=1S/C17H16N2O3.C7H7FOS/c1-19-10-13-5-6-16(22-11-17(20)21)15(8-13)14-4-2-3-12(7-14)9-18;1-9-7-4-5(10)2-3-6(7)8/h2-8,19H,10-11H2,1H3,(H,20,21);2-4,10H,1H3. The van der Waals surface area contributed by atoms with Crippen LogP contribution in [0, 0.1) is 17.1 Å². The van der Waals surface area contributed by atoms with Crippen LogP contribution in [0.5, 0.6) is 11.5 Å². The highest BCUT2D eigenvalue weighted by molar-refractivity contribution is 7.80. The molecular weight excluding hydrogens is 431 g/mol. The molecule has 8 heteroatoms. The van der Waals surface area contributed by atoms with Crippen molar-refractivity contribution < 1.29 is 23.8 Å². The quantitative estimate of drug-likeness (QED) is 0.455. The molecular formula is C24H23FN2O4S. The van der Waals surface area contributed by atoms with E-state index in [1.54, 1.807) is 30.3 Å². The van der Waals surface area contributed by atoms with Crippen molar-refractivity contribution in [1.82, 2.24) is 5.32 Å². The SMILES string of the molecule is CNCc1ccc(OCC(=O)O)c(-c2cccc(C#N)c2)c1.COc1cc(S)ccc1F. The highest BCUT2D eigenvalue weighted by Gasteiger charge is 2.10. The van der Waals surface area contributed by atoms with E-state index < -0.39 is 12.6 Å². The van der Waals surface area contributed by atoms with E-state index in [0.717, 1.165) is 16.7 Å². The summed E-state index contributed by atoms with van der Waals surface area (Å²) < 4.78 is 22.7. The van der Waals surface area contributed by atoms with Gasteiger partial charge in [-0.25, -0.2) is 9.18 Å². The lowest BCUT2D eigenvalue weighted by Crippen LogP contribution is -2.10. The number of hydrogen-bond donors (Lipinski definition) is 3. The molecule has 0 atom stereocenters. The smallest absolute Gasteiger partial charge is 0.341 e. The first-order valence-electron chi connectivity index (χ1n) is 9.53. The third-order valence-corrected chi connectivity index (χ3v) is 4.49. The van der Waals surface area contributed by atoms with Crippen LogP contribution in [0.3, 0.4) is 0 Å². The van der Waals surface area contributed by atoms with Crippen molar-refractivity contribution >= 4 is 18.6 Å². The molecule has 0 heterocycles. The third-order valence-electron chi connectivity index (χ3n) is 4.21. The van der Waals surface area contributed by atoms with Crippen LogP contribution in [0.2, 0.25) is 0 Å². The van der Waals surface area contributed by atoms with E-state index in [4.69, 9.17) is 19.8 Å². The highest BCUT2D eigenvalue weighted by Crippen LogP contribution is 2.31. The van der Waals surface area contributed by atoms with Gasteiger partial charge in [0.2, 0.25) is 0 Å². The van der Waals surface area contributed by atoms with Crippen molar-refractivity contribution in [3.05, 3.63) is 77.6 Å². The number of nitrogens with one attached hydrogen (secondary N) is 1. The first kappa shape index (κ1) is 24.7. The van der Waals surface area contributed by atoms with Gasteiger partial charge in [-0.1, -0.05) is 18.2 Å². The first-order chi connectivity index (χ1) is 15.4. The van der Waals surface area contributed by atoms with Gasteiger partial charge in [-0.3, -0.25) is 0 Å². The van der Waals surface area contributed by atoms with E-state index in [2.05, 4.69) is 24.0 Å². The molecule has 0 aliphatic rings. The molecule has 6 nitrogen and oxygen atoms in total. The molecule has 0 saturated carbocycles. The number of halogens is 1. The van der Waals surface area contributed by atoms with Gasteiger partial charge in [-0.2, -0.15) is 5.26 Å². The summed E-state index contributed by atoms with van der Waals surface area (Å²) in [4.78, 5) is 11.4. The van der Waals surface area contributed by atoms with Gasteiger partial charge >= 0.3 is 5.97 Å². The van der Waals surface area contributed by atoms with Gasteiger partial charge in [-0.05, 0) is 60.6 Å². The maximum atomic E-state index is 12.6. The Morgan fingerprint density at radius 1 is 1.16 bits per heavy atom. The fourth-order valence-corrected chi connectivity index (χ4v) is 2.98. The average Bonchev–Trinajstić information content (AvgIpc) is 2.80. The van der Waals surface area contributed by atoms with E-state index in [-0.39, 0.29) is 11.6 Å². The lowest BCUT2D eigenvalue weighted by Gasteiger charge is -2.13. The van der Waals surface area contributed by atoms with Gasteiger partial charge in [0.05, 0.1) is 18.7 Å². The predicted molar refractivity (Wildman–Crippen MR) is 123 cm³/mol. The number of rotatable bonds is 7. The summed E-state index contributed by atoms with van der Waals surface area (Å²) in [6.45, 7) is 0.278. The Balaban J connectivity index is 0.000000303. The van der Waals surface area contributed by atoms with Crippen LogP contribution in [0.4, 0.5) is 4.39 Å². The van der Waals surface area contributed by atoms with Crippen LogP contribution in [-0.2, 0) is 11.3 Å². The minimum atomic E-state index is -1.03. The summed E-state index contributed by atoms with van der Waals surface area (Å²) in [5, 5.41) is 20.9. The minimum absolute atomic E-state index is 0.229. The van der Waals surface area contributed by atoms with Gasteiger partial charge < -0.3 is 19.9 Å². The van der Waals surface area contributed by atoms with E-state index in [1.807, 2.05) is 25.2 Å². The van der Waals surface area contributed by atoms with Crippen molar-refractivity contribution in [2.24, 2.45) is 0 Å². The number of hydrogen-bond acceptors (Lipinski definition) is 6. The molecule has 0 saturated heterocycles. The topological polar surface area (TPSA) is 91.6 Å². The van der Waals surface area contributed by atoms with Gasteiger partial charge in [-0.15, -0.1) is 12.6 Å². The number of nitrogens with zero attached hydrogens (tertiary/aromatic N) is 1. The van der Waals surface area contributed by atoms with Crippen LogP contribution in [0.15, 0.2) is 65.6 Å². The van der Waals surface area contributed by atoms with Crippen LogP contribution < -0.4 is 14.8 Å². The largest absolute Gasteiger partial charge is 0.494 e. The normalized spacial score (nSPS) is 9.84. The number of methoxy groups -OCH3 is 1. The van der Waals surface area contributed by atoms with Crippen molar-refractivity contribution in [3.63, 3.8) is 0 Å². The summed E-state index contributed by atoms with van der Waals surface area (Å²) in [6, 6.07) is 19.2. The molecule has 0 aliphatic carbocycles. The molecule has 32 heavy (non-hydrogen) atoms. The van der Waals surface area contributed by atoms with Gasteiger partial charge in [0.1, 0.15) is 5.75 Å². The molecule has 3 aromatic carbocycles. The second-order valence-electron chi connectivity index (χ2n) is 6.55. The van der Waals surface area contributed by atoms with Crippen molar-refractivity contribution in [2.75, 3.05) is 20.8 Å². The Kier molecular flexibility index (Phi) is 9.54. The number of nitriles is 1. The van der Waals surface area contributed by atoms with Crippen LogP contribution in [0.1, 0.15) is 11.1 Å². The highest BCUT2D eigenvalue weighted by atomic mass is 32.1. The zero-order valence-corrected chi connectivity index (χ0v) is 18.5. The number of benzene rings is 3. The summed E-state index contributed by atoms with van der Waals surface area (Å²) in [6.07, 6.45) is 0. The molecule has 3 rings (SSSR count). The molecule has 3 aromatic rings. The second-order valence-corrected chi connectivity index (χ2v) is 7.07. The Morgan fingerprint density at radius 3 is 2.56 bits per heavy atom. The molecule has 0 bridgehead atoms.